The summed E-state index contributed by atoms with van der Waals surface area (Å²) in [5, 5.41) is 4.95. The van der Waals surface area contributed by atoms with Crippen molar-refractivity contribution >= 4 is 44.2 Å². The summed E-state index contributed by atoms with van der Waals surface area (Å²) in [5.41, 5.74) is 12.2. The van der Waals surface area contributed by atoms with Crippen LogP contribution in [0.5, 0.6) is 0 Å². The molecule has 0 atom stereocenters. The average Bonchev–Trinajstić information content (AvgIpc) is 4.19. The Kier molecular flexibility index (Phi) is 9.59. The second-order valence-electron chi connectivity index (χ2n) is 15.9. The van der Waals surface area contributed by atoms with Gasteiger partial charge in [-0.25, -0.2) is 0 Å². The van der Waals surface area contributed by atoms with E-state index < -0.39 is 0 Å². The maximum Gasteiger partial charge on any atom is 0.143 e. The van der Waals surface area contributed by atoms with E-state index in [0.717, 1.165) is 67.4 Å². The highest BCUT2D eigenvalue weighted by molar-refractivity contribution is 7.21. The van der Waals surface area contributed by atoms with Crippen molar-refractivity contribution in [2.24, 2.45) is 0 Å². The Bertz CT molecular complexity index is 3570. The zero-order chi connectivity index (χ0) is 42.4. The fraction of sp³-hybridized carbons (Fsp3) is 0. The topological polar surface area (TPSA) is 26.3 Å². The maximum atomic E-state index is 6.92. The Morgan fingerprint density at radius 3 is 1.30 bits per heavy atom. The second-order valence-corrected chi connectivity index (χ2v) is 18.0. The molecular formula is C60H38O2S2. The summed E-state index contributed by atoms with van der Waals surface area (Å²) in [5.74, 6) is 2.58. The second kappa shape index (κ2) is 16.2. The van der Waals surface area contributed by atoms with E-state index in [9.17, 15) is 0 Å². The van der Waals surface area contributed by atoms with Gasteiger partial charge in [0.15, 0.2) is 0 Å². The molecule has 12 aromatic rings. The van der Waals surface area contributed by atoms with Gasteiger partial charge in [-0.05, 0) is 39.9 Å². The summed E-state index contributed by atoms with van der Waals surface area (Å²) < 4.78 is 13.5. The Morgan fingerprint density at radius 1 is 0.281 bits per heavy atom. The monoisotopic (exact) mass is 854 g/mol. The number of thiophene rings is 2. The van der Waals surface area contributed by atoms with Gasteiger partial charge in [-0.2, -0.15) is 0 Å². The van der Waals surface area contributed by atoms with E-state index in [4.69, 9.17) is 8.83 Å². The van der Waals surface area contributed by atoms with Crippen molar-refractivity contribution in [1.29, 1.82) is 0 Å². The molecule has 0 fully saturated rings. The molecule has 0 bridgehead atoms. The molecule has 8 aromatic carbocycles. The van der Waals surface area contributed by atoms with Crippen LogP contribution in [0.1, 0.15) is 0 Å². The molecule has 0 spiro atoms. The van der Waals surface area contributed by atoms with Crippen molar-refractivity contribution in [2.75, 3.05) is 0 Å². The van der Waals surface area contributed by atoms with Gasteiger partial charge < -0.3 is 8.83 Å². The normalized spacial score (nSPS) is 11.4. The van der Waals surface area contributed by atoms with Gasteiger partial charge in [0.2, 0.25) is 0 Å². The molecule has 0 aliphatic heterocycles. The standard InChI is InChI=1S/C60H38O2S2/c1-5-18-41(19-6-1)55-51(59-49-30-15-13-28-47(49)57(63-59)43-22-9-3-10-23-43)37-53(62-55)46-27-17-26-45(36-46)39-32-34-40(35-33-39)52-38-61-56(42-20-7-2-8-21-42)54(52)60-50-31-16-14-29-48(50)58(64-60)44-24-11-4-12-25-44/h1-38H. The summed E-state index contributed by atoms with van der Waals surface area (Å²) in [7, 11) is 0. The third-order valence-corrected chi connectivity index (χ3v) is 14.6. The average molecular weight is 855 g/mol. The first-order chi connectivity index (χ1) is 31.7. The lowest BCUT2D eigenvalue weighted by molar-refractivity contribution is 0.584. The van der Waals surface area contributed by atoms with Crippen molar-refractivity contribution in [3.05, 3.63) is 231 Å². The maximum absolute atomic E-state index is 6.92. The molecule has 0 amide bonds. The van der Waals surface area contributed by atoms with Gasteiger partial charge in [0.25, 0.3) is 0 Å². The molecule has 0 aliphatic rings. The molecule has 4 aromatic heterocycles. The zero-order valence-corrected chi connectivity index (χ0v) is 36.2. The van der Waals surface area contributed by atoms with Gasteiger partial charge in [-0.1, -0.05) is 212 Å². The minimum absolute atomic E-state index is 0.834. The third-order valence-electron chi connectivity index (χ3n) is 12.1. The lowest BCUT2D eigenvalue weighted by Crippen LogP contribution is -1.84. The van der Waals surface area contributed by atoms with E-state index in [1.165, 1.54) is 52.2 Å². The SMILES string of the molecule is c1ccc(-c2oc(-c3cccc(-c4ccc(-c5coc(-c6ccccc6)c5-c5sc(-c6ccccc6)c6ccccc56)cc4)c3)cc2-c2sc(-c3ccccc3)c3ccccc23)cc1. The van der Waals surface area contributed by atoms with Gasteiger partial charge in [0.1, 0.15) is 17.3 Å². The van der Waals surface area contributed by atoms with Crippen LogP contribution >= 0.6 is 22.7 Å². The van der Waals surface area contributed by atoms with E-state index in [2.05, 4.69) is 224 Å². The van der Waals surface area contributed by atoms with Gasteiger partial charge in [-0.3, -0.25) is 0 Å². The van der Waals surface area contributed by atoms with E-state index >= 15 is 0 Å². The molecular weight excluding hydrogens is 817 g/mol. The van der Waals surface area contributed by atoms with E-state index in [1.807, 2.05) is 28.9 Å². The molecule has 0 N–H and O–H groups in total. The molecule has 0 saturated carbocycles. The summed E-state index contributed by atoms with van der Waals surface area (Å²) >= 11 is 3.66. The first-order valence-corrected chi connectivity index (χ1v) is 23.1. The first kappa shape index (κ1) is 38.0. The number of hydrogen-bond acceptors (Lipinski definition) is 4. The molecule has 302 valence electrons. The Balaban J connectivity index is 0.941. The number of fused-ring (bicyclic) bond motifs is 2. The smallest absolute Gasteiger partial charge is 0.143 e. The molecule has 2 nitrogen and oxygen atoms in total. The fourth-order valence-electron chi connectivity index (χ4n) is 8.97. The summed E-state index contributed by atoms with van der Waals surface area (Å²) in [6.07, 6.45) is 1.93. The molecule has 4 heterocycles. The Labute approximate surface area is 379 Å². The molecule has 0 aliphatic carbocycles. The molecule has 0 unspecified atom stereocenters. The van der Waals surface area contributed by atoms with Crippen molar-refractivity contribution in [1.82, 2.24) is 0 Å². The van der Waals surface area contributed by atoms with Gasteiger partial charge in [0, 0.05) is 74.4 Å². The van der Waals surface area contributed by atoms with Crippen LogP contribution in [0, 0.1) is 0 Å². The van der Waals surface area contributed by atoms with Crippen LogP contribution in [-0.2, 0) is 0 Å². The van der Waals surface area contributed by atoms with Gasteiger partial charge in [-0.15, -0.1) is 22.7 Å². The predicted octanol–water partition coefficient (Wildman–Crippen LogP) is 18.3. The van der Waals surface area contributed by atoms with Gasteiger partial charge in [0.05, 0.1) is 6.26 Å². The minimum Gasteiger partial charge on any atom is -0.463 e. The van der Waals surface area contributed by atoms with Crippen LogP contribution in [0.2, 0.25) is 0 Å². The van der Waals surface area contributed by atoms with Crippen molar-refractivity contribution in [2.45, 2.75) is 0 Å². The molecule has 0 radical (unpaired) electrons. The minimum atomic E-state index is 0.834. The third kappa shape index (κ3) is 6.72. The molecule has 4 heteroatoms. The van der Waals surface area contributed by atoms with Crippen molar-refractivity contribution < 1.29 is 8.83 Å². The number of furan rings is 2. The van der Waals surface area contributed by atoms with Crippen molar-refractivity contribution in [3.63, 3.8) is 0 Å². The lowest BCUT2D eigenvalue weighted by atomic mass is 9.95. The lowest BCUT2D eigenvalue weighted by Gasteiger charge is -2.08. The molecule has 12 rings (SSSR count). The summed E-state index contributed by atoms with van der Waals surface area (Å²) in [4.78, 5) is 4.93. The summed E-state index contributed by atoms with van der Waals surface area (Å²) in [6.45, 7) is 0. The number of rotatable bonds is 9. The highest BCUT2D eigenvalue weighted by atomic mass is 32.1. The Hall–Kier alpha value is -7.76. The van der Waals surface area contributed by atoms with Crippen LogP contribution in [-0.4, -0.2) is 0 Å². The van der Waals surface area contributed by atoms with Crippen LogP contribution in [0.3, 0.4) is 0 Å². The van der Waals surface area contributed by atoms with Crippen LogP contribution in [0.15, 0.2) is 240 Å². The van der Waals surface area contributed by atoms with Crippen LogP contribution < -0.4 is 0 Å². The van der Waals surface area contributed by atoms with Crippen molar-refractivity contribution in [3.8, 4) is 98.0 Å². The largest absolute Gasteiger partial charge is 0.463 e. The zero-order valence-electron chi connectivity index (χ0n) is 34.6. The number of hydrogen-bond donors (Lipinski definition) is 0. The number of benzene rings is 8. The quantitative estimate of drug-likeness (QED) is 0.145. The Morgan fingerprint density at radius 2 is 0.719 bits per heavy atom. The van der Waals surface area contributed by atoms with E-state index in [1.54, 1.807) is 0 Å². The van der Waals surface area contributed by atoms with E-state index in [-0.39, 0.29) is 0 Å². The predicted molar refractivity (Wildman–Crippen MR) is 271 cm³/mol. The molecule has 0 saturated heterocycles. The highest BCUT2D eigenvalue weighted by Crippen LogP contribution is 2.52. The van der Waals surface area contributed by atoms with Gasteiger partial charge >= 0.3 is 0 Å². The molecule has 64 heavy (non-hydrogen) atoms. The van der Waals surface area contributed by atoms with Crippen LogP contribution in [0.4, 0.5) is 0 Å². The van der Waals surface area contributed by atoms with Crippen LogP contribution in [0.25, 0.3) is 120 Å². The highest BCUT2D eigenvalue weighted by Gasteiger charge is 2.25. The first-order valence-electron chi connectivity index (χ1n) is 21.5. The fourth-order valence-corrected chi connectivity index (χ4v) is 11.6. The van der Waals surface area contributed by atoms with E-state index in [0.29, 0.717) is 0 Å². The summed E-state index contributed by atoms with van der Waals surface area (Å²) in [6, 6.07) is 79.6.